The molecule has 0 bridgehead atoms. The Morgan fingerprint density at radius 2 is 0.936 bits per heavy atom. The van der Waals surface area contributed by atoms with Crippen LogP contribution in [-0.2, 0) is 0 Å². The Balaban J connectivity index is 1.21. The van der Waals surface area contributed by atoms with E-state index in [2.05, 4.69) is 120 Å². The summed E-state index contributed by atoms with van der Waals surface area (Å²) in [6.07, 6.45) is 0. The topological polar surface area (TPSA) is 42.7 Å². The molecule has 0 atom stereocenters. The Hall–Kier alpha value is -6.04. The van der Waals surface area contributed by atoms with E-state index in [1.807, 2.05) is 24.3 Å². The van der Waals surface area contributed by atoms with Gasteiger partial charge in [-0.1, -0.05) is 66.7 Å². The molecule has 7 aromatic carbocycles. The van der Waals surface area contributed by atoms with E-state index >= 15 is 0 Å². The standard InChI is InChI=1S/C42H23NO3S/c1-4-13-34-26(8-1)28-18-16-24(22-36(28)44-34)43(25-17-19-29-27-9-2-5-14-35(27)45-37(29)23-25)33-12-7-11-30-31-20-21-39-40(42(31)46-41(30)33)32-10-3-6-15-38(32)47-39/h1-23H. The Morgan fingerprint density at radius 1 is 0.383 bits per heavy atom. The van der Waals surface area contributed by atoms with Crippen LogP contribution in [0.15, 0.2) is 153 Å². The van der Waals surface area contributed by atoms with E-state index in [4.69, 9.17) is 13.3 Å². The molecular weight excluding hydrogens is 599 g/mol. The molecule has 47 heavy (non-hydrogen) atoms. The molecule has 0 saturated heterocycles. The van der Waals surface area contributed by atoms with Gasteiger partial charge in [0.1, 0.15) is 27.9 Å². The van der Waals surface area contributed by atoms with Gasteiger partial charge in [-0.2, -0.15) is 0 Å². The summed E-state index contributed by atoms with van der Waals surface area (Å²) in [6.45, 7) is 0. The highest BCUT2D eigenvalue weighted by Gasteiger charge is 2.23. The van der Waals surface area contributed by atoms with Gasteiger partial charge in [-0.15, -0.1) is 11.3 Å². The number of hydrogen-bond donors (Lipinski definition) is 0. The first-order chi connectivity index (χ1) is 23.3. The molecule has 0 aliphatic carbocycles. The van der Waals surface area contributed by atoms with Crippen LogP contribution in [0.2, 0.25) is 0 Å². The average molecular weight is 622 g/mol. The number of hydrogen-bond acceptors (Lipinski definition) is 5. The van der Waals surface area contributed by atoms with Gasteiger partial charge in [-0.3, -0.25) is 0 Å². The second-order valence-electron chi connectivity index (χ2n) is 12.1. The van der Waals surface area contributed by atoms with Crippen molar-refractivity contribution < 1.29 is 13.3 Å². The maximum atomic E-state index is 6.98. The van der Waals surface area contributed by atoms with Crippen molar-refractivity contribution in [2.75, 3.05) is 4.90 Å². The van der Waals surface area contributed by atoms with E-state index in [1.54, 1.807) is 11.3 Å². The fourth-order valence-electron chi connectivity index (χ4n) is 7.36. The summed E-state index contributed by atoms with van der Waals surface area (Å²) in [7, 11) is 0. The van der Waals surface area contributed by atoms with Crippen LogP contribution in [-0.4, -0.2) is 0 Å². The summed E-state index contributed by atoms with van der Waals surface area (Å²) in [6, 6.07) is 48.7. The number of thiophene rings is 1. The lowest BCUT2D eigenvalue weighted by Gasteiger charge is -2.25. The highest BCUT2D eigenvalue weighted by atomic mass is 32.1. The molecule has 0 spiro atoms. The fourth-order valence-corrected chi connectivity index (χ4v) is 8.46. The molecule has 0 aliphatic heterocycles. The van der Waals surface area contributed by atoms with Crippen LogP contribution in [0.1, 0.15) is 0 Å². The minimum atomic E-state index is 0.833. The summed E-state index contributed by atoms with van der Waals surface area (Å²) in [5, 5.41) is 8.97. The number of fused-ring (bicyclic) bond motifs is 13. The van der Waals surface area contributed by atoms with Crippen LogP contribution in [0.4, 0.5) is 17.1 Å². The van der Waals surface area contributed by atoms with Crippen LogP contribution >= 0.6 is 11.3 Å². The van der Waals surface area contributed by atoms with E-state index in [0.717, 1.165) is 82.9 Å². The molecule has 11 rings (SSSR count). The predicted octanol–water partition coefficient (Wildman–Crippen LogP) is 13.2. The lowest BCUT2D eigenvalue weighted by atomic mass is 10.1. The van der Waals surface area contributed by atoms with Gasteiger partial charge in [0.05, 0.1) is 17.1 Å². The highest BCUT2D eigenvalue weighted by Crippen LogP contribution is 2.47. The third kappa shape index (κ3) is 3.52. The van der Waals surface area contributed by atoms with Gasteiger partial charge in [-0.05, 0) is 60.7 Å². The fraction of sp³-hybridized carbons (Fsp3) is 0. The number of furan rings is 3. The molecule has 0 unspecified atom stereocenters. The van der Waals surface area contributed by atoms with Gasteiger partial charge in [0.25, 0.3) is 0 Å². The first kappa shape index (κ1) is 25.2. The van der Waals surface area contributed by atoms with E-state index in [9.17, 15) is 0 Å². The van der Waals surface area contributed by atoms with Crippen LogP contribution in [0.5, 0.6) is 0 Å². The van der Waals surface area contributed by atoms with Crippen molar-refractivity contribution in [2.24, 2.45) is 0 Å². The maximum absolute atomic E-state index is 6.98. The third-order valence-electron chi connectivity index (χ3n) is 9.47. The molecule has 0 amide bonds. The normalized spacial score (nSPS) is 12.3. The van der Waals surface area contributed by atoms with Crippen molar-refractivity contribution in [3.63, 3.8) is 0 Å². The second kappa shape index (κ2) is 9.25. The minimum Gasteiger partial charge on any atom is -0.456 e. The Labute approximate surface area is 271 Å². The van der Waals surface area contributed by atoms with Crippen molar-refractivity contribution in [3.05, 3.63) is 140 Å². The van der Waals surface area contributed by atoms with E-state index in [0.29, 0.717) is 0 Å². The predicted molar refractivity (Wildman–Crippen MR) is 196 cm³/mol. The van der Waals surface area contributed by atoms with Gasteiger partial charge in [0, 0.05) is 64.6 Å². The summed E-state index contributed by atoms with van der Waals surface area (Å²) in [5.41, 5.74) is 8.04. The zero-order valence-electron chi connectivity index (χ0n) is 24.9. The van der Waals surface area contributed by atoms with Crippen LogP contribution in [0.25, 0.3) is 86.0 Å². The average Bonchev–Trinajstić information content (AvgIpc) is 3.87. The lowest BCUT2D eigenvalue weighted by Crippen LogP contribution is -2.10. The first-order valence-electron chi connectivity index (χ1n) is 15.7. The number of anilines is 3. The summed E-state index contributed by atoms with van der Waals surface area (Å²) < 4.78 is 22.2. The van der Waals surface area contributed by atoms with E-state index < -0.39 is 0 Å². The van der Waals surface area contributed by atoms with Crippen molar-refractivity contribution in [2.45, 2.75) is 0 Å². The third-order valence-corrected chi connectivity index (χ3v) is 10.6. The van der Waals surface area contributed by atoms with Crippen molar-refractivity contribution in [3.8, 4) is 0 Å². The molecule has 11 aromatic rings. The maximum Gasteiger partial charge on any atom is 0.159 e. The quantitative estimate of drug-likeness (QED) is 0.197. The summed E-state index contributed by atoms with van der Waals surface area (Å²) in [4.78, 5) is 2.26. The minimum absolute atomic E-state index is 0.833. The largest absolute Gasteiger partial charge is 0.456 e. The van der Waals surface area contributed by atoms with E-state index in [-0.39, 0.29) is 0 Å². The van der Waals surface area contributed by atoms with Crippen molar-refractivity contribution >= 4 is 114 Å². The van der Waals surface area contributed by atoms with Gasteiger partial charge in [-0.25, -0.2) is 0 Å². The monoisotopic (exact) mass is 621 g/mol. The molecule has 0 saturated carbocycles. The molecule has 5 heteroatoms. The summed E-state index contributed by atoms with van der Waals surface area (Å²) in [5.74, 6) is 0. The Bertz CT molecular complexity index is 2930. The molecular formula is C42H23NO3S. The number of nitrogens with zero attached hydrogens (tertiary/aromatic N) is 1. The van der Waals surface area contributed by atoms with E-state index in [1.165, 1.54) is 20.2 Å². The number of para-hydroxylation sites is 3. The lowest BCUT2D eigenvalue weighted by molar-refractivity contribution is 0.668. The van der Waals surface area contributed by atoms with Crippen LogP contribution in [0, 0.1) is 0 Å². The zero-order chi connectivity index (χ0) is 30.6. The van der Waals surface area contributed by atoms with Gasteiger partial charge < -0.3 is 18.2 Å². The van der Waals surface area contributed by atoms with Gasteiger partial charge >= 0.3 is 0 Å². The van der Waals surface area contributed by atoms with Crippen LogP contribution in [0.3, 0.4) is 0 Å². The van der Waals surface area contributed by atoms with Crippen molar-refractivity contribution in [1.29, 1.82) is 0 Å². The van der Waals surface area contributed by atoms with Crippen molar-refractivity contribution in [1.82, 2.24) is 0 Å². The molecule has 4 aromatic heterocycles. The van der Waals surface area contributed by atoms with Gasteiger partial charge in [0.2, 0.25) is 0 Å². The second-order valence-corrected chi connectivity index (χ2v) is 13.1. The molecule has 220 valence electrons. The molecule has 0 N–H and O–H groups in total. The summed E-state index contributed by atoms with van der Waals surface area (Å²) >= 11 is 1.80. The molecule has 0 aliphatic rings. The molecule has 4 nitrogen and oxygen atoms in total. The molecule has 4 heterocycles. The SMILES string of the molecule is c1ccc2c(c1)oc1cc(N(c3ccc4c(c3)oc3ccccc34)c3cccc4c3oc3c4ccc4sc5ccccc5c43)ccc12. The Morgan fingerprint density at radius 3 is 1.64 bits per heavy atom. The number of benzene rings is 7. The Kier molecular flexibility index (Phi) is 4.96. The highest BCUT2D eigenvalue weighted by molar-refractivity contribution is 7.26. The van der Waals surface area contributed by atoms with Crippen LogP contribution < -0.4 is 4.90 Å². The van der Waals surface area contributed by atoms with Gasteiger partial charge in [0.15, 0.2) is 5.58 Å². The first-order valence-corrected chi connectivity index (χ1v) is 16.5. The zero-order valence-corrected chi connectivity index (χ0v) is 25.7. The molecule has 0 radical (unpaired) electrons. The number of rotatable bonds is 3. The smallest absolute Gasteiger partial charge is 0.159 e. The molecule has 0 fully saturated rings.